The van der Waals surface area contributed by atoms with Gasteiger partial charge >= 0.3 is 0 Å². The zero-order chi connectivity index (χ0) is 15.0. The van der Waals surface area contributed by atoms with Crippen molar-refractivity contribution in [3.8, 4) is 0 Å². The van der Waals surface area contributed by atoms with E-state index in [4.69, 9.17) is 11.6 Å². The molecule has 2 aliphatic rings. The van der Waals surface area contributed by atoms with Gasteiger partial charge in [-0.05, 0) is 43.4 Å². The molecule has 3 atom stereocenters. The van der Waals surface area contributed by atoms with E-state index in [-0.39, 0.29) is 11.9 Å². The zero-order valence-corrected chi connectivity index (χ0v) is 13.3. The van der Waals surface area contributed by atoms with Crippen LogP contribution in [0, 0.1) is 11.8 Å². The van der Waals surface area contributed by atoms with Crippen LogP contribution in [0.3, 0.4) is 0 Å². The summed E-state index contributed by atoms with van der Waals surface area (Å²) < 4.78 is 0. The third-order valence-electron chi connectivity index (χ3n) is 4.72. The first-order chi connectivity index (χ1) is 10.1. The number of anilines is 2. The minimum atomic E-state index is -0.0634. The van der Waals surface area contributed by atoms with Crippen molar-refractivity contribution in [2.45, 2.75) is 25.3 Å². The highest BCUT2D eigenvalue weighted by molar-refractivity contribution is 6.34. The van der Waals surface area contributed by atoms with E-state index < -0.39 is 0 Å². The number of hydrogen-bond acceptors (Lipinski definition) is 3. The standard InChI is InChI=1S/C16H22ClN3O/c1-20(2)15-12(17)7-4-8-13(15)19-16(21)14-11-6-3-5-10(11)9-18-14/h4,7-8,10-11,14,18H,3,5-6,9H2,1-2H3,(H,19,21). The number of nitrogens with one attached hydrogen (secondary N) is 2. The molecule has 3 unspecified atom stereocenters. The van der Waals surface area contributed by atoms with Crippen molar-refractivity contribution in [2.75, 3.05) is 30.9 Å². The second kappa shape index (κ2) is 5.85. The highest BCUT2D eigenvalue weighted by atomic mass is 35.5. The maximum Gasteiger partial charge on any atom is 0.241 e. The van der Waals surface area contributed by atoms with E-state index in [0.29, 0.717) is 16.9 Å². The number of para-hydroxylation sites is 1. The average molecular weight is 308 g/mol. The molecule has 114 valence electrons. The van der Waals surface area contributed by atoms with Gasteiger partial charge in [0.1, 0.15) is 0 Å². The van der Waals surface area contributed by atoms with E-state index >= 15 is 0 Å². The molecule has 1 aliphatic heterocycles. The Hall–Kier alpha value is -1.26. The van der Waals surface area contributed by atoms with Gasteiger partial charge in [0.2, 0.25) is 5.91 Å². The Labute approximate surface area is 130 Å². The Balaban J connectivity index is 1.78. The molecular formula is C16H22ClN3O. The van der Waals surface area contributed by atoms with E-state index in [1.807, 2.05) is 37.2 Å². The first-order valence-electron chi connectivity index (χ1n) is 7.58. The van der Waals surface area contributed by atoms with Gasteiger partial charge in [0, 0.05) is 14.1 Å². The van der Waals surface area contributed by atoms with Gasteiger partial charge in [-0.15, -0.1) is 0 Å². The van der Waals surface area contributed by atoms with Gasteiger partial charge < -0.3 is 15.5 Å². The highest BCUT2D eigenvalue weighted by Crippen LogP contribution is 2.38. The van der Waals surface area contributed by atoms with Crippen molar-refractivity contribution in [3.05, 3.63) is 23.2 Å². The Morgan fingerprint density at radius 1 is 1.38 bits per heavy atom. The number of carbonyl (C=O) groups is 1. The van der Waals surface area contributed by atoms with Gasteiger partial charge in [-0.2, -0.15) is 0 Å². The summed E-state index contributed by atoms with van der Waals surface area (Å²) in [5.41, 5.74) is 1.63. The number of hydrogen-bond donors (Lipinski definition) is 2. The molecule has 1 aliphatic carbocycles. The number of halogens is 1. The van der Waals surface area contributed by atoms with Crippen LogP contribution in [0.1, 0.15) is 19.3 Å². The Bertz CT molecular complexity index is 546. The van der Waals surface area contributed by atoms with Crippen LogP contribution in [0.2, 0.25) is 5.02 Å². The van der Waals surface area contributed by atoms with E-state index in [2.05, 4.69) is 10.6 Å². The van der Waals surface area contributed by atoms with E-state index in [1.165, 1.54) is 12.8 Å². The molecule has 0 spiro atoms. The number of benzene rings is 1. The average Bonchev–Trinajstić information content (AvgIpc) is 2.99. The smallest absolute Gasteiger partial charge is 0.241 e. The number of fused-ring (bicyclic) bond motifs is 1. The molecule has 21 heavy (non-hydrogen) atoms. The lowest BCUT2D eigenvalue weighted by molar-refractivity contribution is -0.118. The lowest BCUT2D eigenvalue weighted by Gasteiger charge is -2.22. The van der Waals surface area contributed by atoms with Crippen LogP contribution >= 0.6 is 11.6 Å². The highest BCUT2D eigenvalue weighted by Gasteiger charge is 2.42. The molecule has 1 saturated heterocycles. The summed E-state index contributed by atoms with van der Waals surface area (Å²) >= 11 is 6.25. The molecule has 5 heteroatoms. The van der Waals surface area contributed by atoms with Gasteiger partial charge in [-0.25, -0.2) is 0 Å². The fourth-order valence-electron chi connectivity index (χ4n) is 3.76. The summed E-state index contributed by atoms with van der Waals surface area (Å²) in [5, 5.41) is 7.09. The van der Waals surface area contributed by atoms with Crippen LogP contribution in [0.25, 0.3) is 0 Å². The van der Waals surface area contributed by atoms with Crippen molar-refractivity contribution in [1.82, 2.24) is 5.32 Å². The third kappa shape index (κ3) is 2.74. The molecular weight excluding hydrogens is 286 g/mol. The van der Waals surface area contributed by atoms with Crippen LogP contribution in [-0.2, 0) is 4.79 Å². The van der Waals surface area contributed by atoms with Crippen molar-refractivity contribution < 1.29 is 4.79 Å². The summed E-state index contributed by atoms with van der Waals surface area (Å²) in [5.74, 6) is 1.23. The molecule has 0 bridgehead atoms. The van der Waals surface area contributed by atoms with Gasteiger partial charge in [-0.3, -0.25) is 4.79 Å². The minimum absolute atomic E-state index is 0.0634. The lowest BCUT2D eigenvalue weighted by Crippen LogP contribution is -2.40. The molecule has 4 nitrogen and oxygen atoms in total. The Morgan fingerprint density at radius 2 is 2.19 bits per heavy atom. The van der Waals surface area contributed by atoms with E-state index in [9.17, 15) is 4.79 Å². The summed E-state index contributed by atoms with van der Waals surface area (Å²) in [4.78, 5) is 14.5. The molecule has 1 saturated carbocycles. The van der Waals surface area contributed by atoms with Crippen molar-refractivity contribution in [1.29, 1.82) is 0 Å². The number of nitrogens with zero attached hydrogens (tertiary/aromatic N) is 1. The Kier molecular flexibility index (Phi) is 4.09. The summed E-state index contributed by atoms with van der Waals surface area (Å²) in [6.07, 6.45) is 3.66. The van der Waals surface area contributed by atoms with Crippen molar-refractivity contribution >= 4 is 28.9 Å². The Morgan fingerprint density at radius 3 is 2.95 bits per heavy atom. The molecule has 1 aromatic carbocycles. The number of rotatable bonds is 3. The molecule has 0 radical (unpaired) electrons. The predicted molar refractivity (Wildman–Crippen MR) is 87.0 cm³/mol. The fraction of sp³-hybridized carbons (Fsp3) is 0.562. The number of carbonyl (C=O) groups excluding carboxylic acids is 1. The molecule has 0 aromatic heterocycles. The topological polar surface area (TPSA) is 44.4 Å². The molecule has 1 amide bonds. The molecule has 2 fully saturated rings. The second-order valence-corrected chi connectivity index (χ2v) is 6.67. The van der Waals surface area contributed by atoms with Gasteiger partial charge in [-0.1, -0.05) is 24.1 Å². The molecule has 3 rings (SSSR count). The third-order valence-corrected chi connectivity index (χ3v) is 5.03. The first-order valence-corrected chi connectivity index (χ1v) is 7.96. The van der Waals surface area contributed by atoms with Crippen molar-refractivity contribution in [3.63, 3.8) is 0 Å². The summed E-state index contributed by atoms with van der Waals surface area (Å²) in [7, 11) is 3.86. The van der Waals surface area contributed by atoms with Crippen LogP contribution in [0.15, 0.2) is 18.2 Å². The predicted octanol–water partition coefficient (Wildman–Crippen LogP) is 2.73. The molecule has 2 N–H and O–H groups in total. The van der Waals surface area contributed by atoms with Crippen molar-refractivity contribution in [2.24, 2.45) is 11.8 Å². The maximum absolute atomic E-state index is 12.6. The first kappa shape index (κ1) is 14.7. The van der Waals surface area contributed by atoms with Crippen LogP contribution in [0.4, 0.5) is 11.4 Å². The normalized spacial score (nSPS) is 27.5. The lowest BCUT2D eigenvalue weighted by atomic mass is 9.93. The fourth-order valence-corrected chi connectivity index (χ4v) is 4.10. The minimum Gasteiger partial charge on any atom is -0.375 e. The van der Waals surface area contributed by atoms with Gasteiger partial charge in [0.05, 0.1) is 22.4 Å². The van der Waals surface area contributed by atoms with Crippen LogP contribution < -0.4 is 15.5 Å². The van der Waals surface area contributed by atoms with Crippen LogP contribution in [-0.4, -0.2) is 32.6 Å². The van der Waals surface area contributed by atoms with Gasteiger partial charge in [0.25, 0.3) is 0 Å². The van der Waals surface area contributed by atoms with E-state index in [0.717, 1.165) is 24.3 Å². The number of amides is 1. The second-order valence-electron chi connectivity index (χ2n) is 6.26. The van der Waals surface area contributed by atoms with Gasteiger partial charge in [0.15, 0.2) is 0 Å². The maximum atomic E-state index is 12.6. The van der Waals surface area contributed by atoms with E-state index in [1.54, 1.807) is 0 Å². The summed E-state index contributed by atoms with van der Waals surface area (Å²) in [6, 6.07) is 5.55. The quantitative estimate of drug-likeness (QED) is 0.902. The van der Waals surface area contributed by atoms with Crippen LogP contribution in [0.5, 0.6) is 0 Å². The molecule has 1 heterocycles. The summed E-state index contributed by atoms with van der Waals surface area (Å²) in [6.45, 7) is 0.971. The zero-order valence-electron chi connectivity index (χ0n) is 12.5. The largest absolute Gasteiger partial charge is 0.375 e. The monoisotopic (exact) mass is 307 g/mol. The SMILES string of the molecule is CN(C)c1c(Cl)cccc1NC(=O)C1NCC2CCCC21. The molecule has 1 aromatic rings.